The summed E-state index contributed by atoms with van der Waals surface area (Å²) in [6.07, 6.45) is 2.34. The van der Waals surface area contributed by atoms with E-state index in [0.717, 1.165) is 16.8 Å². The topological polar surface area (TPSA) is 106 Å². The van der Waals surface area contributed by atoms with E-state index in [-0.39, 0.29) is 71.8 Å². The van der Waals surface area contributed by atoms with Crippen LogP contribution in [0.2, 0.25) is 0 Å². The van der Waals surface area contributed by atoms with Gasteiger partial charge in [-0.3, -0.25) is 10.6 Å². The summed E-state index contributed by atoms with van der Waals surface area (Å²) < 4.78 is 23.3. The molecule has 0 atom stereocenters. The van der Waals surface area contributed by atoms with Crippen LogP contribution in [0.3, 0.4) is 0 Å². The van der Waals surface area contributed by atoms with Gasteiger partial charge in [0.25, 0.3) is 0 Å². The van der Waals surface area contributed by atoms with E-state index in [1.165, 1.54) is 1210 Å². The number of nitrogens with one attached hydrogen (secondary N) is 2. The van der Waals surface area contributed by atoms with Gasteiger partial charge in [0.05, 0.1) is 24.6 Å². The number of nitrogens with zero attached hydrogens (tertiary/aromatic N) is 1. The predicted octanol–water partition coefficient (Wildman–Crippen LogP) is -12.3. The maximum absolute atomic E-state index is 13.4. The van der Waals surface area contributed by atoms with Crippen molar-refractivity contribution in [3.05, 3.63) is 78.1 Å². The van der Waals surface area contributed by atoms with Gasteiger partial charge in [-0.2, -0.15) is 0 Å². The number of ether oxygens (including phenoxy) is 2. The number of carbonyl (C=O) groups is 2. The van der Waals surface area contributed by atoms with Crippen molar-refractivity contribution in [1.82, 2.24) is 0 Å². The number of hydrogen-bond donors (Lipinski definition) is 3. The van der Waals surface area contributed by atoms with Crippen molar-refractivity contribution in [2.45, 2.75) is 20.4 Å². The van der Waals surface area contributed by atoms with Crippen molar-refractivity contribution in [2.75, 3.05) is 41.8 Å². The van der Waals surface area contributed by atoms with E-state index in [2.05, 4.69) is 17.2 Å². The van der Waals surface area contributed by atoms with Crippen molar-refractivity contribution >= 4 is 1230 Å². The molecule has 0 saturated heterocycles. The molecule has 48 heteroatoms. The zero-order chi connectivity index (χ0) is 62.9. The zero-order valence-corrected chi connectivity index (χ0v) is 180. The molecular formula is C25H32FK39N4O4. The molecule has 8 nitrogen and oxygen atoms in total. The van der Waals surface area contributed by atoms with E-state index < -0.39 is 12.2 Å². The number of halogens is 1. The number of rotatable bonds is 11. The van der Waals surface area contributed by atoms with Crippen LogP contribution >= 0.6 is 0 Å². The standard InChI is InChI=1S/C25H31FN4O4.39K.H/c1-4-33-24(31)28-22-13-12-21(15-23(22)29-25(32)34-5-2)30(16-18(3)7-6-14-27)17-19-8-10-20(26)11-9-19;;;;;;;;;;;;;;;;;;;;;;;;;;;;;;;;;;;;;;;;/h6-13,15H,3-5,14,16-17,27H2,1-2H3,(H,28,31)(H,29,32);;;;;;;;;;;;;;;;;;;;;;;;;;;;;;;;;;;;;;;;/q;;;;;;;;;;;;;;;;;;;;;;;;;;;;;;;;;;;;;;;+1;-1/b7-6+;;;;;;;;;;;;;;;;;;;;;;;;;;;;;;;;;;;;;;;;. The summed E-state index contributed by atoms with van der Waals surface area (Å²) in [5.74, 6) is -0.319. The van der Waals surface area contributed by atoms with E-state index in [4.69, 9.17) is 15.2 Å². The summed E-state index contributed by atoms with van der Waals surface area (Å²) in [6, 6.07) is 11.4. The Morgan fingerprint density at radius 1 is 0.534 bits per heavy atom. The summed E-state index contributed by atoms with van der Waals surface area (Å²) in [7, 11) is 0. The Morgan fingerprint density at radius 2 is 0.822 bits per heavy atom. The normalized spacial score (nSPS) is 7.01. The number of carbonyl (C=O) groups excluding carboxylic acids is 2. The van der Waals surface area contributed by atoms with Crippen LogP contribution < -0.4 is 72.7 Å². The molecule has 2 amide bonds. The molecule has 0 saturated carbocycles. The first-order valence-corrected chi connectivity index (χ1v) is 334. The number of anilines is 3. The Bertz CT molecular complexity index is 1090. The number of hydrogen-bond acceptors (Lipinski definition) is 6. The van der Waals surface area contributed by atoms with Crippen LogP contribution in [-0.4, -0.2) is 1240 Å². The van der Waals surface area contributed by atoms with E-state index in [1.807, 2.05) is 11.0 Å². The Hall–Kier alpha value is 60.0. The summed E-state index contributed by atoms with van der Waals surface area (Å²) in [6.45, 7) is 9.13. The molecule has 2 aromatic carbocycles. The Balaban J connectivity index is -0.0000000342. The Kier molecular flexibility index (Phi) is 502. The molecule has 0 spiro atoms. The second-order valence-electron chi connectivity index (χ2n) is 7.20. The first-order valence-electron chi connectivity index (χ1n) is 29.9. The second kappa shape index (κ2) is 205. The van der Waals surface area contributed by atoms with Crippen molar-refractivity contribution in [3.63, 3.8) is 0 Å². The van der Waals surface area contributed by atoms with E-state index in [9.17, 15) is 14.0 Å². The number of amides is 2. The number of benzene rings is 2. The van der Waals surface area contributed by atoms with Crippen LogP contribution in [0, 0.1) is 5.82 Å². The first-order chi connectivity index (χ1) is 35.4. The fraction of sp³-hybridized carbons (Fsp3) is 0.280. The van der Waals surface area contributed by atoms with Crippen LogP contribution in [-0.2, 0) is 16.0 Å². The summed E-state index contributed by atoms with van der Waals surface area (Å²) in [5, 5.41) is 5.27. The molecule has 0 radical (unpaired) electrons. The quantitative estimate of drug-likeness (QED) is 0.153. The van der Waals surface area contributed by atoms with Crippen molar-refractivity contribution in [1.29, 1.82) is 0 Å². The third-order valence-corrected chi connectivity index (χ3v) is 4.56. The van der Waals surface area contributed by atoms with Gasteiger partial charge < -0.3 is 21.5 Å². The maximum atomic E-state index is 13.4. The van der Waals surface area contributed by atoms with Crippen LogP contribution in [0.4, 0.5) is 31.0 Å². The summed E-state index contributed by atoms with van der Waals surface area (Å²) in [4.78, 5) is 26.1. The van der Waals surface area contributed by atoms with Gasteiger partial charge in [0.1, 0.15) is 5.82 Å². The molecule has 0 fully saturated rings. The fourth-order valence-corrected chi connectivity index (χ4v) is 3.08. The molecule has 2 aromatic rings. The monoisotopic (exact) mass is 1990 g/mol. The zero-order valence-electron chi connectivity index (χ0n) is 59.5. The van der Waals surface area contributed by atoms with Gasteiger partial charge in [0.2, 0.25) is 0 Å². The second-order valence-corrected chi connectivity index (χ2v) is 7.20. The molecule has 0 aromatic heterocycles. The molecular weight excluding hydrogens is 1960 g/mol. The van der Waals surface area contributed by atoms with E-state index >= 15 is 0 Å². The molecule has 0 unspecified atom stereocenters. The van der Waals surface area contributed by atoms with Gasteiger partial charge in [-0.15, -0.1) is 0 Å². The van der Waals surface area contributed by atoms with Gasteiger partial charge in [-0.25, -0.2) is 14.0 Å². The molecule has 0 bridgehead atoms. The Morgan fingerprint density at radius 3 is 1.10 bits per heavy atom. The van der Waals surface area contributed by atoms with Gasteiger partial charge in [0.15, 0.2) is 0 Å². The third-order valence-electron chi connectivity index (χ3n) is 4.56. The minimum atomic E-state index is -0.660. The minimum absolute atomic E-state index is 0. The summed E-state index contributed by atoms with van der Waals surface area (Å²) in [5.41, 5.74) is 8.64. The third kappa shape index (κ3) is 175. The van der Waals surface area contributed by atoms with Gasteiger partial charge >= 0.3 is 1260 Å². The molecule has 0 aliphatic heterocycles. The SMILES string of the molecule is C=C(/C=C/CN)CN(Cc1ccc(F)cc1)c1ccc(NC(=O)OCC)c(NC(=O)OCC)c1.[H-].[K+].[K][K].[K][K].[K][K].[K][K].[K][K].[K][K].[K][K].[K][K].[K][K].[K][K].[K][K].[K][K].[K][K].[K][K].[K][K].[K][K].[K][K].[K][K].[K][K]. The van der Waals surface area contributed by atoms with E-state index in [0.29, 0.717) is 31.0 Å². The van der Waals surface area contributed by atoms with Gasteiger partial charge in [0, 0.05) is 25.3 Å². The molecule has 2 rings (SSSR count). The molecule has 4 N–H and O–H groups in total. The molecule has 0 aliphatic rings. The van der Waals surface area contributed by atoms with Crippen LogP contribution in [0.25, 0.3) is 0 Å². The first kappa shape index (κ1) is 178. The van der Waals surface area contributed by atoms with Crippen molar-refractivity contribution in [3.8, 4) is 0 Å². The van der Waals surface area contributed by atoms with Crippen LogP contribution in [0.15, 0.2) is 66.8 Å². The van der Waals surface area contributed by atoms with Crippen LogP contribution in [0.1, 0.15) is 20.8 Å². The molecule has 0 aliphatic carbocycles. The van der Waals surface area contributed by atoms with E-state index in [1.54, 1.807) is 50.3 Å². The number of nitrogens with two attached hydrogens (primary N) is 1. The molecule has 73 heavy (non-hydrogen) atoms. The summed E-state index contributed by atoms with van der Waals surface area (Å²) >= 11 is 47.5. The fourth-order valence-electron chi connectivity index (χ4n) is 3.08. The molecule has 222 valence electrons. The van der Waals surface area contributed by atoms with Gasteiger partial charge in [-0.1, -0.05) is 30.9 Å². The average Bonchev–Trinajstić information content (AvgIpc) is 3.51. The van der Waals surface area contributed by atoms with Gasteiger partial charge in [-0.05, 0) is 55.3 Å². The predicted molar refractivity (Wildman–Crippen MR) is 352 cm³/mol. The van der Waals surface area contributed by atoms with Crippen LogP contribution in [0.5, 0.6) is 0 Å². The Labute approximate surface area is 1360 Å². The average molecular weight is 2000 g/mol. The molecule has 0 heterocycles. The van der Waals surface area contributed by atoms with Crippen molar-refractivity contribution in [2.24, 2.45) is 5.73 Å². The van der Waals surface area contributed by atoms with Crippen molar-refractivity contribution < 1.29 is 76.3 Å².